The highest BCUT2D eigenvalue weighted by Crippen LogP contribution is 2.37. The van der Waals surface area contributed by atoms with Gasteiger partial charge in [-0.3, -0.25) is 4.79 Å². The van der Waals surface area contributed by atoms with Gasteiger partial charge in [0.1, 0.15) is 11.8 Å². The van der Waals surface area contributed by atoms with E-state index in [0.29, 0.717) is 23.2 Å². The van der Waals surface area contributed by atoms with Crippen LogP contribution in [0.3, 0.4) is 0 Å². The summed E-state index contributed by atoms with van der Waals surface area (Å²) in [5, 5.41) is 22.2. The van der Waals surface area contributed by atoms with Gasteiger partial charge in [0.05, 0.1) is 24.6 Å². The molecule has 1 saturated carbocycles. The summed E-state index contributed by atoms with van der Waals surface area (Å²) in [6.45, 7) is 0.0750. The van der Waals surface area contributed by atoms with Gasteiger partial charge in [-0.15, -0.1) is 5.10 Å². The molecule has 6 rings (SSSR count). The minimum absolute atomic E-state index is 0.0750. The number of hydrazone groups is 1. The normalized spacial score (nSPS) is 17.5. The van der Waals surface area contributed by atoms with Crippen LogP contribution < -0.4 is 5.32 Å². The SMILES string of the molecule is O=C(CNc1cccc(-c2nnnn2C2CC2)c1)N1N=C(c2ccc(Cl)cc2)C[C@H]1c1ccco1. The second kappa shape index (κ2) is 8.99. The highest BCUT2D eigenvalue weighted by Gasteiger charge is 2.34. The number of tetrazole rings is 1. The van der Waals surface area contributed by atoms with Crippen LogP contribution in [-0.2, 0) is 4.79 Å². The molecule has 35 heavy (non-hydrogen) atoms. The summed E-state index contributed by atoms with van der Waals surface area (Å²) in [5.74, 6) is 1.26. The first-order valence-electron chi connectivity index (χ1n) is 11.5. The van der Waals surface area contributed by atoms with Gasteiger partial charge in [-0.1, -0.05) is 35.9 Å². The van der Waals surface area contributed by atoms with Crippen molar-refractivity contribution in [2.75, 3.05) is 11.9 Å². The molecule has 0 saturated heterocycles. The number of hydrogen-bond donors (Lipinski definition) is 1. The second-order valence-electron chi connectivity index (χ2n) is 8.64. The van der Waals surface area contributed by atoms with Gasteiger partial charge in [0.25, 0.3) is 5.91 Å². The first kappa shape index (κ1) is 21.5. The first-order chi connectivity index (χ1) is 17.2. The van der Waals surface area contributed by atoms with Crippen molar-refractivity contribution in [2.24, 2.45) is 5.10 Å². The standard InChI is InChI=1S/C25H22ClN7O2/c26-18-8-6-16(7-9-18)21-14-22(23-5-2-12-35-23)33(29-21)24(34)15-27-19-4-1-3-17(13-19)25-28-30-31-32(25)20-10-11-20/h1-9,12-13,20,22,27H,10-11,14-15H2/t22-/m0/s1. The molecule has 176 valence electrons. The number of nitrogens with zero attached hydrogens (tertiary/aromatic N) is 6. The number of hydrogen-bond acceptors (Lipinski definition) is 7. The molecule has 9 nitrogen and oxygen atoms in total. The summed E-state index contributed by atoms with van der Waals surface area (Å²) in [4.78, 5) is 13.3. The Kier molecular flexibility index (Phi) is 5.54. The van der Waals surface area contributed by atoms with Gasteiger partial charge in [0, 0.05) is 22.7 Å². The Morgan fingerprint density at radius 3 is 2.71 bits per heavy atom. The molecule has 0 spiro atoms. The molecule has 3 heterocycles. The second-order valence-corrected chi connectivity index (χ2v) is 9.08. The number of halogens is 1. The lowest BCUT2D eigenvalue weighted by Crippen LogP contribution is -2.32. The maximum Gasteiger partial charge on any atom is 0.262 e. The zero-order chi connectivity index (χ0) is 23.8. The number of rotatable bonds is 7. The van der Waals surface area contributed by atoms with E-state index in [0.717, 1.165) is 41.2 Å². The van der Waals surface area contributed by atoms with Crippen LogP contribution in [0.25, 0.3) is 11.4 Å². The molecule has 1 aliphatic heterocycles. The maximum absolute atomic E-state index is 13.3. The minimum atomic E-state index is -0.306. The topological polar surface area (TPSA) is 101 Å². The zero-order valence-electron chi connectivity index (χ0n) is 18.7. The van der Waals surface area contributed by atoms with E-state index in [1.807, 2.05) is 65.3 Å². The van der Waals surface area contributed by atoms with Gasteiger partial charge in [0.15, 0.2) is 5.82 Å². The summed E-state index contributed by atoms with van der Waals surface area (Å²) in [6.07, 6.45) is 4.35. The van der Waals surface area contributed by atoms with Crippen molar-refractivity contribution in [1.29, 1.82) is 0 Å². The monoisotopic (exact) mass is 487 g/mol. The number of nitrogens with one attached hydrogen (secondary N) is 1. The lowest BCUT2D eigenvalue weighted by atomic mass is 10.0. The number of anilines is 1. The smallest absolute Gasteiger partial charge is 0.262 e. The lowest BCUT2D eigenvalue weighted by Gasteiger charge is -2.20. The molecule has 1 N–H and O–H groups in total. The lowest BCUT2D eigenvalue weighted by molar-refractivity contribution is -0.131. The third-order valence-corrected chi connectivity index (χ3v) is 6.42. The average Bonchev–Trinajstić information content (AvgIpc) is 3.28. The van der Waals surface area contributed by atoms with Crippen LogP contribution in [0, 0.1) is 0 Å². The molecule has 4 aromatic rings. The molecule has 2 aromatic carbocycles. The number of carbonyl (C=O) groups excluding carboxylic acids is 1. The van der Waals surface area contributed by atoms with Gasteiger partial charge in [-0.2, -0.15) is 5.10 Å². The summed E-state index contributed by atoms with van der Waals surface area (Å²) < 4.78 is 7.50. The van der Waals surface area contributed by atoms with Crippen LogP contribution in [0.4, 0.5) is 5.69 Å². The Morgan fingerprint density at radius 2 is 1.94 bits per heavy atom. The third kappa shape index (κ3) is 4.42. The average molecular weight is 488 g/mol. The van der Waals surface area contributed by atoms with Gasteiger partial charge in [-0.05, 0) is 65.2 Å². The molecule has 10 heteroatoms. The van der Waals surface area contributed by atoms with E-state index < -0.39 is 0 Å². The van der Waals surface area contributed by atoms with E-state index in [1.165, 1.54) is 5.01 Å². The van der Waals surface area contributed by atoms with Crippen molar-refractivity contribution in [3.63, 3.8) is 0 Å². The zero-order valence-corrected chi connectivity index (χ0v) is 19.5. The molecule has 2 aromatic heterocycles. The predicted octanol–water partition coefficient (Wildman–Crippen LogP) is 4.71. The first-order valence-corrected chi connectivity index (χ1v) is 11.8. The molecule has 1 amide bonds. The number of aromatic nitrogens is 4. The fraction of sp³-hybridized carbons (Fsp3) is 0.240. The number of amides is 1. The van der Waals surface area contributed by atoms with Crippen LogP contribution in [0.2, 0.25) is 5.02 Å². The molecular weight excluding hydrogens is 466 g/mol. The molecule has 2 aliphatic rings. The van der Waals surface area contributed by atoms with E-state index in [2.05, 4.69) is 25.9 Å². The van der Waals surface area contributed by atoms with Gasteiger partial charge < -0.3 is 9.73 Å². The van der Waals surface area contributed by atoms with Crippen molar-refractivity contribution in [2.45, 2.75) is 31.3 Å². The van der Waals surface area contributed by atoms with Crippen LogP contribution in [-0.4, -0.2) is 43.4 Å². The fourth-order valence-corrected chi connectivity index (χ4v) is 4.36. The fourth-order valence-electron chi connectivity index (χ4n) is 4.24. The van der Waals surface area contributed by atoms with E-state index >= 15 is 0 Å². The summed E-state index contributed by atoms with van der Waals surface area (Å²) in [6, 6.07) is 19.0. The Bertz CT molecular complexity index is 1380. The third-order valence-electron chi connectivity index (χ3n) is 6.17. The van der Waals surface area contributed by atoms with E-state index in [9.17, 15) is 4.79 Å². The van der Waals surface area contributed by atoms with Crippen LogP contribution in [0.5, 0.6) is 0 Å². The van der Waals surface area contributed by atoms with Crippen LogP contribution >= 0.6 is 11.6 Å². The molecular formula is C25H22ClN7O2. The highest BCUT2D eigenvalue weighted by atomic mass is 35.5. The molecule has 1 aliphatic carbocycles. The van der Waals surface area contributed by atoms with Crippen molar-refractivity contribution < 1.29 is 9.21 Å². The molecule has 0 radical (unpaired) electrons. The quantitative estimate of drug-likeness (QED) is 0.405. The van der Waals surface area contributed by atoms with Crippen molar-refractivity contribution in [3.05, 3.63) is 83.3 Å². The largest absolute Gasteiger partial charge is 0.467 e. The molecule has 0 unspecified atom stereocenters. The van der Waals surface area contributed by atoms with Gasteiger partial charge in [-0.25, -0.2) is 9.69 Å². The number of furan rings is 1. The Morgan fingerprint density at radius 1 is 1.09 bits per heavy atom. The Hall–Kier alpha value is -3.98. The van der Waals surface area contributed by atoms with E-state index in [4.69, 9.17) is 16.0 Å². The summed E-state index contributed by atoms with van der Waals surface area (Å²) >= 11 is 6.04. The number of carbonyl (C=O) groups is 1. The van der Waals surface area contributed by atoms with Crippen LogP contribution in [0.1, 0.15) is 42.7 Å². The Balaban J connectivity index is 1.20. The molecule has 1 atom stereocenters. The molecule has 0 bridgehead atoms. The summed E-state index contributed by atoms with van der Waals surface area (Å²) in [7, 11) is 0. The number of benzene rings is 2. The highest BCUT2D eigenvalue weighted by molar-refractivity contribution is 6.30. The van der Waals surface area contributed by atoms with E-state index in [-0.39, 0.29) is 18.5 Å². The van der Waals surface area contributed by atoms with Crippen molar-refractivity contribution >= 4 is 28.9 Å². The predicted molar refractivity (Wildman–Crippen MR) is 131 cm³/mol. The Labute approximate surface area is 206 Å². The van der Waals surface area contributed by atoms with Gasteiger partial charge >= 0.3 is 0 Å². The molecule has 1 fully saturated rings. The van der Waals surface area contributed by atoms with Crippen molar-refractivity contribution in [3.8, 4) is 11.4 Å². The maximum atomic E-state index is 13.3. The van der Waals surface area contributed by atoms with Crippen LogP contribution in [0.15, 0.2) is 76.4 Å². The summed E-state index contributed by atoms with van der Waals surface area (Å²) in [5.41, 5.74) is 3.44. The van der Waals surface area contributed by atoms with Gasteiger partial charge in [0.2, 0.25) is 0 Å². The van der Waals surface area contributed by atoms with Crippen molar-refractivity contribution in [1.82, 2.24) is 25.2 Å². The van der Waals surface area contributed by atoms with E-state index in [1.54, 1.807) is 6.26 Å². The minimum Gasteiger partial charge on any atom is -0.467 e.